The van der Waals surface area contributed by atoms with Gasteiger partial charge in [-0.2, -0.15) is 0 Å². The van der Waals surface area contributed by atoms with Crippen LogP contribution in [-0.2, 0) is 11.2 Å². The van der Waals surface area contributed by atoms with Crippen LogP contribution < -0.4 is 16.2 Å². The summed E-state index contributed by atoms with van der Waals surface area (Å²) in [4.78, 5) is 45.0. The molecule has 31 heavy (non-hydrogen) atoms. The van der Waals surface area contributed by atoms with Crippen molar-refractivity contribution in [3.8, 4) is 11.3 Å². The lowest BCUT2D eigenvalue weighted by Crippen LogP contribution is -2.25. The molecule has 0 unspecified atom stereocenters. The molecule has 3 aromatic heterocycles. The minimum absolute atomic E-state index is 0.0183. The van der Waals surface area contributed by atoms with Crippen LogP contribution in [-0.4, -0.2) is 32.7 Å². The zero-order chi connectivity index (χ0) is 21.8. The number of amides is 2. The topological polar surface area (TPSA) is 105 Å². The minimum atomic E-state index is -0.534. The molecule has 10 heteroatoms. The number of rotatable bonds is 7. The number of nitrogens with zero attached hydrogens (tertiary/aromatic N) is 3. The van der Waals surface area contributed by atoms with Crippen molar-refractivity contribution >= 4 is 44.6 Å². The van der Waals surface area contributed by atoms with E-state index in [4.69, 9.17) is 0 Å². The van der Waals surface area contributed by atoms with Crippen molar-refractivity contribution in [3.05, 3.63) is 68.9 Å². The number of benzene rings is 1. The van der Waals surface area contributed by atoms with Gasteiger partial charge in [0.1, 0.15) is 5.56 Å². The van der Waals surface area contributed by atoms with Crippen molar-refractivity contribution in [2.24, 2.45) is 0 Å². The van der Waals surface area contributed by atoms with Crippen LogP contribution in [0, 0.1) is 0 Å². The smallest absolute Gasteiger partial charge is 0.271 e. The van der Waals surface area contributed by atoms with E-state index in [2.05, 4.69) is 20.6 Å². The van der Waals surface area contributed by atoms with E-state index < -0.39 is 11.5 Å². The lowest BCUT2D eigenvalue weighted by Gasteiger charge is -2.04. The summed E-state index contributed by atoms with van der Waals surface area (Å²) >= 11 is 2.62. The van der Waals surface area contributed by atoms with E-state index in [1.807, 2.05) is 29.6 Å². The third kappa shape index (κ3) is 4.86. The number of aromatic nitrogens is 3. The highest BCUT2D eigenvalue weighted by Crippen LogP contribution is 2.25. The fourth-order valence-electron chi connectivity index (χ4n) is 3.01. The number of fused-ring (bicyclic) bond motifs is 1. The summed E-state index contributed by atoms with van der Waals surface area (Å²) in [5.74, 6) is -0.552. The fraction of sp³-hybridized carbons (Fsp3) is 0.190. The number of anilines is 1. The van der Waals surface area contributed by atoms with Gasteiger partial charge in [-0.05, 0) is 18.4 Å². The van der Waals surface area contributed by atoms with Crippen LogP contribution in [0.4, 0.5) is 5.13 Å². The predicted octanol–water partition coefficient (Wildman–Crippen LogP) is 3.20. The van der Waals surface area contributed by atoms with Crippen LogP contribution >= 0.6 is 22.7 Å². The molecule has 0 fully saturated rings. The minimum Gasteiger partial charge on any atom is -0.356 e. The van der Waals surface area contributed by atoms with Gasteiger partial charge in [-0.1, -0.05) is 24.3 Å². The third-order valence-corrected chi connectivity index (χ3v) is 6.11. The molecule has 158 valence electrons. The number of carbonyl (C=O) groups is 2. The summed E-state index contributed by atoms with van der Waals surface area (Å²) < 4.78 is 1.35. The first-order valence-corrected chi connectivity index (χ1v) is 11.3. The van der Waals surface area contributed by atoms with Crippen molar-refractivity contribution in [2.45, 2.75) is 19.8 Å². The van der Waals surface area contributed by atoms with Gasteiger partial charge in [0.25, 0.3) is 11.5 Å². The number of thiazole rings is 2. The Bertz CT molecular complexity index is 1290. The van der Waals surface area contributed by atoms with Gasteiger partial charge in [0.15, 0.2) is 10.1 Å². The van der Waals surface area contributed by atoms with Crippen LogP contribution in [0.25, 0.3) is 16.2 Å². The monoisotopic (exact) mass is 453 g/mol. The Morgan fingerprint density at radius 1 is 1.16 bits per heavy atom. The van der Waals surface area contributed by atoms with Gasteiger partial charge in [0.2, 0.25) is 5.91 Å². The molecule has 2 amide bonds. The second-order valence-corrected chi connectivity index (χ2v) is 8.54. The lowest BCUT2D eigenvalue weighted by molar-refractivity contribution is -0.118. The molecule has 0 atom stereocenters. The average molecular weight is 454 g/mol. The molecule has 0 aliphatic heterocycles. The van der Waals surface area contributed by atoms with Gasteiger partial charge in [-0.15, -0.1) is 22.7 Å². The Kier molecular flexibility index (Phi) is 6.19. The van der Waals surface area contributed by atoms with Crippen LogP contribution in [0.2, 0.25) is 0 Å². The van der Waals surface area contributed by atoms with Crippen LogP contribution in [0.5, 0.6) is 0 Å². The maximum Gasteiger partial charge on any atom is 0.271 e. The molecule has 0 saturated heterocycles. The molecule has 0 spiro atoms. The number of hydrogen-bond donors (Lipinski definition) is 2. The Morgan fingerprint density at radius 3 is 2.74 bits per heavy atom. The summed E-state index contributed by atoms with van der Waals surface area (Å²) in [6, 6.07) is 8.02. The number of carbonyl (C=O) groups excluding carboxylic acids is 2. The van der Waals surface area contributed by atoms with Crippen molar-refractivity contribution in [1.29, 1.82) is 0 Å². The standard InChI is InChI=1S/C21H19N5O3S2/c1-13(27)22-8-2-3-14-4-6-15(7-5-14)17-12-31-20(24-17)25-18(28)16-11-23-21-26(19(16)29)9-10-30-21/h4-7,9-12H,2-3,8H2,1H3,(H,22,27)(H,24,25,28). The second-order valence-electron chi connectivity index (χ2n) is 6.81. The molecule has 4 rings (SSSR count). The maximum absolute atomic E-state index is 12.5. The van der Waals surface area contributed by atoms with E-state index in [0.717, 1.165) is 24.1 Å². The molecule has 2 N–H and O–H groups in total. The van der Waals surface area contributed by atoms with E-state index >= 15 is 0 Å². The van der Waals surface area contributed by atoms with Gasteiger partial charge in [-0.25, -0.2) is 9.97 Å². The van der Waals surface area contributed by atoms with E-state index in [1.165, 1.54) is 45.8 Å². The molecular weight excluding hydrogens is 434 g/mol. The largest absolute Gasteiger partial charge is 0.356 e. The van der Waals surface area contributed by atoms with Gasteiger partial charge in [0.05, 0.1) is 5.69 Å². The zero-order valence-corrected chi connectivity index (χ0v) is 18.3. The first-order chi connectivity index (χ1) is 15.0. The molecule has 4 aromatic rings. The van der Waals surface area contributed by atoms with Gasteiger partial charge in [-0.3, -0.25) is 24.1 Å². The summed E-state index contributed by atoms with van der Waals surface area (Å²) in [6.45, 7) is 2.17. The van der Waals surface area contributed by atoms with Gasteiger partial charge in [0, 0.05) is 42.2 Å². The van der Waals surface area contributed by atoms with Crippen molar-refractivity contribution < 1.29 is 9.59 Å². The summed E-state index contributed by atoms with van der Waals surface area (Å²) in [6.07, 6.45) is 4.63. The molecule has 0 aliphatic carbocycles. The summed E-state index contributed by atoms with van der Waals surface area (Å²) in [5, 5.41) is 9.48. The highest BCUT2D eigenvalue weighted by Gasteiger charge is 2.16. The van der Waals surface area contributed by atoms with Gasteiger partial charge >= 0.3 is 0 Å². The molecule has 0 radical (unpaired) electrons. The van der Waals surface area contributed by atoms with E-state index in [1.54, 1.807) is 11.6 Å². The van der Waals surface area contributed by atoms with E-state index in [9.17, 15) is 14.4 Å². The zero-order valence-electron chi connectivity index (χ0n) is 16.6. The molecule has 0 aliphatic rings. The van der Waals surface area contributed by atoms with Crippen molar-refractivity contribution in [3.63, 3.8) is 0 Å². The second kappa shape index (κ2) is 9.19. The normalized spacial score (nSPS) is 10.9. The highest BCUT2D eigenvalue weighted by atomic mass is 32.1. The Hall–Kier alpha value is -3.37. The maximum atomic E-state index is 12.5. The summed E-state index contributed by atoms with van der Waals surface area (Å²) in [5.41, 5.74) is 2.41. The van der Waals surface area contributed by atoms with E-state index in [0.29, 0.717) is 16.6 Å². The number of aryl methyl sites for hydroxylation is 1. The van der Waals surface area contributed by atoms with Crippen molar-refractivity contribution in [2.75, 3.05) is 11.9 Å². The first-order valence-electron chi connectivity index (χ1n) is 9.57. The Balaban J connectivity index is 1.40. The Labute approximate surface area is 185 Å². The quantitative estimate of drug-likeness (QED) is 0.418. The summed E-state index contributed by atoms with van der Waals surface area (Å²) in [7, 11) is 0. The van der Waals surface area contributed by atoms with E-state index in [-0.39, 0.29) is 11.5 Å². The molecule has 0 saturated carbocycles. The van der Waals surface area contributed by atoms with Crippen molar-refractivity contribution in [1.82, 2.24) is 19.7 Å². The predicted molar refractivity (Wildman–Crippen MR) is 122 cm³/mol. The average Bonchev–Trinajstić information content (AvgIpc) is 3.42. The molecule has 1 aromatic carbocycles. The molecule has 3 heterocycles. The van der Waals surface area contributed by atoms with Crippen LogP contribution in [0.1, 0.15) is 29.3 Å². The SMILES string of the molecule is CC(=O)NCCCc1ccc(-c2csc(NC(=O)c3cnc4sccn4c3=O)n2)cc1. The molecule has 0 bridgehead atoms. The van der Waals surface area contributed by atoms with Gasteiger partial charge < -0.3 is 5.32 Å². The number of hydrogen-bond acceptors (Lipinski definition) is 7. The lowest BCUT2D eigenvalue weighted by atomic mass is 10.1. The molecule has 8 nitrogen and oxygen atoms in total. The molecular formula is C21H19N5O3S2. The fourth-order valence-corrected chi connectivity index (χ4v) is 4.40. The van der Waals surface area contributed by atoms with Crippen LogP contribution in [0.15, 0.2) is 52.2 Å². The number of nitrogens with one attached hydrogen (secondary N) is 2. The highest BCUT2D eigenvalue weighted by molar-refractivity contribution is 7.15. The Morgan fingerprint density at radius 2 is 1.97 bits per heavy atom. The first kappa shape index (κ1) is 20.9. The third-order valence-electron chi connectivity index (χ3n) is 4.58. The van der Waals surface area contributed by atoms with Crippen LogP contribution in [0.3, 0.4) is 0 Å².